The molecule has 2 heterocycles. The molecular formula is C11H18N2O2. The van der Waals surface area contributed by atoms with E-state index in [0.717, 1.165) is 38.8 Å². The average molecular weight is 210 g/mol. The zero-order valence-electron chi connectivity index (χ0n) is 9.00. The van der Waals surface area contributed by atoms with Gasteiger partial charge < -0.3 is 5.32 Å². The number of amides is 2. The Bertz CT molecular complexity index is 241. The zero-order valence-corrected chi connectivity index (χ0v) is 9.00. The number of piperidine rings is 1. The van der Waals surface area contributed by atoms with Crippen molar-refractivity contribution in [3.8, 4) is 0 Å². The molecule has 2 fully saturated rings. The third kappa shape index (κ3) is 2.37. The normalized spacial score (nSPS) is 29.1. The molecule has 4 nitrogen and oxygen atoms in total. The van der Waals surface area contributed by atoms with Crippen molar-refractivity contribution in [2.45, 2.75) is 44.6 Å². The van der Waals surface area contributed by atoms with E-state index < -0.39 is 0 Å². The van der Waals surface area contributed by atoms with E-state index in [4.69, 9.17) is 0 Å². The standard InChI is InChI=1S/C11H18N2O2/c14-10-4-1-5-11(15)13(10)9-3-2-7-12-8-6-9/h9,12H,1-8H2. The molecule has 2 amide bonds. The summed E-state index contributed by atoms with van der Waals surface area (Å²) in [5, 5.41) is 3.30. The van der Waals surface area contributed by atoms with Crippen LogP contribution in [0.2, 0.25) is 0 Å². The molecule has 1 atom stereocenters. The van der Waals surface area contributed by atoms with Gasteiger partial charge in [-0.2, -0.15) is 0 Å². The minimum Gasteiger partial charge on any atom is -0.317 e. The molecule has 84 valence electrons. The second-order valence-corrected chi connectivity index (χ2v) is 4.35. The molecule has 0 aromatic rings. The minimum absolute atomic E-state index is 0.0400. The van der Waals surface area contributed by atoms with Gasteiger partial charge in [0, 0.05) is 18.9 Å². The molecule has 2 aliphatic rings. The summed E-state index contributed by atoms with van der Waals surface area (Å²) >= 11 is 0. The van der Waals surface area contributed by atoms with Gasteiger partial charge in [-0.15, -0.1) is 0 Å². The van der Waals surface area contributed by atoms with E-state index in [-0.39, 0.29) is 17.9 Å². The van der Waals surface area contributed by atoms with Crippen molar-refractivity contribution in [3.05, 3.63) is 0 Å². The van der Waals surface area contributed by atoms with E-state index in [1.165, 1.54) is 4.90 Å². The van der Waals surface area contributed by atoms with Crippen LogP contribution in [-0.4, -0.2) is 35.8 Å². The van der Waals surface area contributed by atoms with Gasteiger partial charge in [0.25, 0.3) is 0 Å². The highest BCUT2D eigenvalue weighted by atomic mass is 16.2. The molecule has 2 saturated heterocycles. The maximum atomic E-state index is 11.7. The Balaban J connectivity index is 2.05. The Labute approximate surface area is 90.0 Å². The van der Waals surface area contributed by atoms with Gasteiger partial charge in [0.05, 0.1) is 0 Å². The molecule has 0 aromatic carbocycles. The van der Waals surface area contributed by atoms with Crippen molar-refractivity contribution in [2.75, 3.05) is 13.1 Å². The van der Waals surface area contributed by atoms with Crippen molar-refractivity contribution in [1.29, 1.82) is 0 Å². The van der Waals surface area contributed by atoms with Crippen molar-refractivity contribution < 1.29 is 9.59 Å². The third-order valence-electron chi connectivity index (χ3n) is 3.23. The number of nitrogens with zero attached hydrogens (tertiary/aromatic N) is 1. The maximum absolute atomic E-state index is 11.7. The molecule has 0 saturated carbocycles. The highest BCUT2D eigenvalue weighted by Crippen LogP contribution is 2.20. The number of carbonyl (C=O) groups excluding carboxylic acids is 2. The predicted octanol–water partition coefficient (Wildman–Crippen LogP) is 0.668. The van der Waals surface area contributed by atoms with Crippen LogP contribution in [0.5, 0.6) is 0 Å². The largest absolute Gasteiger partial charge is 0.317 e. The maximum Gasteiger partial charge on any atom is 0.229 e. The van der Waals surface area contributed by atoms with Crippen LogP contribution >= 0.6 is 0 Å². The Morgan fingerprint density at radius 2 is 1.73 bits per heavy atom. The van der Waals surface area contributed by atoms with Gasteiger partial charge in [-0.1, -0.05) is 0 Å². The first-order valence-corrected chi connectivity index (χ1v) is 5.84. The monoisotopic (exact) mass is 210 g/mol. The zero-order chi connectivity index (χ0) is 10.7. The summed E-state index contributed by atoms with van der Waals surface area (Å²) in [6.07, 6.45) is 4.77. The van der Waals surface area contributed by atoms with E-state index >= 15 is 0 Å². The molecule has 2 rings (SSSR count). The predicted molar refractivity (Wildman–Crippen MR) is 56.2 cm³/mol. The lowest BCUT2D eigenvalue weighted by Crippen LogP contribution is -2.47. The number of nitrogens with one attached hydrogen (secondary N) is 1. The van der Waals surface area contributed by atoms with Crippen molar-refractivity contribution >= 4 is 11.8 Å². The van der Waals surface area contributed by atoms with Crippen molar-refractivity contribution in [3.63, 3.8) is 0 Å². The fourth-order valence-corrected chi connectivity index (χ4v) is 2.44. The number of rotatable bonds is 1. The fourth-order valence-electron chi connectivity index (χ4n) is 2.44. The number of hydrogen-bond acceptors (Lipinski definition) is 3. The highest BCUT2D eigenvalue weighted by molar-refractivity contribution is 5.97. The first kappa shape index (κ1) is 10.6. The van der Waals surface area contributed by atoms with Gasteiger partial charge in [-0.05, 0) is 38.8 Å². The number of likely N-dealkylation sites (tertiary alicyclic amines) is 1. The first-order chi connectivity index (χ1) is 7.29. The van der Waals surface area contributed by atoms with E-state index in [0.29, 0.717) is 12.8 Å². The van der Waals surface area contributed by atoms with Gasteiger partial charge in [0.1, 0.15) is 0 Å². The molecule has 0 aliphatic carbocycles. The summed E-state index contributed by atoms with van der Waals surface area (Å²) in [7, 11) is 0. The lowest BCUT2D eigenvalue weighted by atomic mass is 10.0. The topological polar surface area (TPSA) is 49.4 Å². The summed E-state index contributed by atoms with van der Waals surface area (Å²) in [5.74, 6) is 0.0799. The van der Waals surface area contributed by atoms with Crippen LogP contribution in [0.4, 0.5) is 0 Å². The Morgan fingerprint density at radius 3 is 2.47 bits per heavy atom. The van der Waals surface area contributed by atoms with Crippen LogP contribution in [0.3, 0.4) is 0 Å². The molecule has 0 radical (unpaired) electrons. The highest BCUT2D eigenvalue weighted by Gasteiger charge is 2.32. The minimum atomic E-state index is 0.0400. The molecule has 1 unspecified atom stereocenters. The van der Waals surface area contributed by atoms with Crippen LogP contribution < -0.4 is 5.32 Å². The van der Waals surface area contributed by atoms with Gasteiger partial charge in [-0.3, -0.25) is 14.5 Å². The van der Waals surface area contributed by atoms with E-state index in [2.05, 4.69) is 5.32 Å². The van der Waals surface area contributed by atoms with Gasteiger partial charge in [-0.25, -0.2) is 0 Å². The van der Waals surface area contributed by atoms with Crippen LogP contribution in [0.1, 0.15) is 38.5 Å². The lowest BCUT2D eigenvalue weighted by molar-refractivity contribution is -0.151. The summed E-state index contributed by atoms with van der Waals surface area (Å²) in [6, 6.07) is 0.153. The number of imide groups is 1. The second-order valence-electron chi connectivity index (χ2n) is 4.35. The van der Waals surface area contributed by atoms with E-state index in [9.17, 15) is 9.59 Å². The summed E-state index contributed by atoms with van der Waals surface area (Å²) in [4.78, 5) is 24.9. The lowest BCUT2D eigenvalue weighted by Gasteiger charge is -2.32. The fraction of sp³-hybridized carbons (Fsp3) is 0.818. The summed E-state index contributed by atoms with van der Waals surface area (Å²) in [5.41, 5.74) is 0. The smallest absolute Gasteiger partial charge is 0.229 e. The van der Waals surface area contributed by atoms with E-state index in [1.54, 1.807) is 0 Å². The Hall–Kier alpha value is -0.900. The number of carbonyl (C=O) groups is 2. The quantitative estimate of drug-likeness (QED) is 0.647. The molecule has 2 aliphatic heterocycles. The van der Waals surface area contributed by atoms with Crippen molar-refractivity contribution in [1.82, 2.24) is 10.2 Å². The molecule has 15 heavy (non-hydrogen) atoms. The summed E-state index contributed by atoms with van der Waals surface area (Å²) in [6.45, 7) is 1.93. The molecule has 0 bridgehead atoms. The van der Waals surface area contributed by atoms with Crippen LogP contribution in [0.25, 0.3) is 0 Å². The van der Waals surface area contributed by atoms with Crippen molar-refractivity contribution in [2.24, 2.45) is 0 Å². The Kier molecular flexibility index (Phi) is 3.36. The van der Waals surface area contributed by atoms with Gasteiger partial charge in [0.15, 0.2) is 0 Å². The second kappa shape index (κ2) is 4.75. The van der Waals surface area contributed by atoms with Crippen LogP contribution in [0, 0.1) is 0 Å². The molecule has 1 N–H and O–H groups in total. The number of hydrogen-bond donors (Lipinski definition) is 1. The molecule has 4 heteroatoms. The van der Waals surface area contributed by atoms with Gasteiger partial charge >= 0.3 is 0 Å². The Morgan fingerprint density at radius 1 is 1.00 bits per heavy atom. The van der Waals surface area contributed by atoms with Crippen LogP contribution in [-0.2, 0) is 9.59 Å². The van der Waals surface area contributed by atoms with Crippen LogP contribution in [0.15, 0.2) is 0 Å². The molecule has 0 aromatic heterocycles. The molecule has 0 spiro atoms. The first-order valence-electron chi connectivity index (χ1n) is 5.84. The average Bonchev–Trinajstić information content (AvgIpc) is 2.46. The van der Waals surface area contributed by atoms with E-state index in [1.807, 2.05) is 0 Å². The van der Waals surface area contributed by atoms with Gasteiger partial charge in [0.2, 0.25) is 11.8 Å². The third-order valence-corrected chi connectivity index (χ3v) is 3.23. The molecular weight excluding hydrogens is 192 g/mol. The summed E-state index contributed by atoms with van der Waals surface area (Å²) < 4.78 is 0. The SMILES string of the molecule is O=C1CCCC(=O)N1C1CCCNCC1.